The summed E-state index contributed by atoms with van der Waals surface area (Å²) in [4.78, 5) is 18.4. The van der Waals surface area contributed by atoms with Crippen LogP contribution >= 0.6 is 0 Å². The van der Waals surface area contributed by atoms with Gasteiger partial charge in [-0.05, 0) is 19.1 Å². The smallest absolute Gasteiger partial charge is 0.241 e. The Labute approximate surface area is 178 Å². The summed E-state index contributed by atoms with van der Waals surface area (Å²) in [6.07, 6.45) is 0.814. The minimum absolute atomic E-state index is 0.0217. The van der Waals surface area contributed by atoms with Crippen molar-refractivity contribution in [3.8, 4) is 11.5 Å². The maximum atomic E-state index is 12.1. The molecule has 1 amide bonds. The van der Waals surface area contributed by atoms with Crippen molar-refractivity contribution < 1.29 is 14.3 Å². The molecule has 7 heteroatoms. The average molecular weight is 411 g/mol. The molecule has 3 rings (SSSR count). The minimum atomic E-state index is -0.0217. The molecule has 2 aromatic rings. The van der Waals surface area contributed by atoms with Crippen molar-refractivity contribution in [1.82, 2.24) is 15.5 Å². The van der Waals surface area contributed by atoms with Crippen molar-refractivity contribution in [2.75, 3.05) is 33.9 Å². The third-order valence-electron chi connectivity index (χ3n) is 4.86. The number of ether oxygens (including phenoxy) is 2. The minimum Gasteiger partial charge on any atom is -0.494 e. The number of carbonyl (C=O) groups excluding carboxylic acids is 1. The molecule has 0 aromatic heterocycles. The molecule has 1 unspecified atom stereocenters. The van der Waals surface area contributed by atoms with Gasteiger partial charge in [-0.3, -0.25) is 4.79 Å². The zero-order valence-corrected chi connectivity index (χ0v) is 17.9. The molecule has 7 nitrogen and oxygen atoms in total. The predicted octanol–water partition coefficient (Wildman–Crippen LogP) is 2.73. The molecular formula is C23H30N4O3. The van der Waals surface area contributed by atoms with E-state index in [0.717, 1.165) is 29.0 Å². The van der Waals surface area contributed by atoms with Gasteiger partial charge in [-0.15, -0.1) is 0 Å². The van der Waals surface area contributed by atoms with Gasteiger partial charge in [0.05, 0.1) is 32.3 Å². The van der Waals surface area contributed by atoms with Crippen LogP contribution in [0.5, 0.6) is 11.5 Å². The van der Waals surface area contributed by atoms with Crippen LogP contribution < -0.4 is 20.1 Å². The molecule has 0 radical (unpaired) electrons. The highest BCUT2D eigenvalue weighted by molar-refractivity contribution is 5.86. The van der Waals surface area contributed by atoms with E-state index in [4.69, 9.17) is 14.5 Å². The van der Waals surface area contributed by atoms with Gasteiger partial charge >= 0.3 is 0 Å². The Kier molecular flexibility index (Phi) is 7.54. The molecule has 0 saturated heterocycles. The highest BCUT2D eigenvalue weighted by atomic mass is 16.5. The van der Waals surface area contributed by atoms with Gasteiger partial charge < -0.3 is 25.0 Å². The number of nitrogens with one attached hydrogen (secondary N) is 2. The Morgan fingerprint density at radius 3 is 2.77 bits per heavy atom. The van der Waals surface area contributed by atoms with Gasteiger partial charge in [-0.2, -0.15) is 0 Å². The molecule has 0 fully saturated rings. The van der Waals surface area contributed by atoms with E-state index < -0.39 is 0 Å². The molecule has 1 aliphatic rings. The van der Waals surface area contributed by atoms with Gasteiger partial charge in [0, 0.05) is 31.6 Å². The third kappa shape index (κ3) is 5.65. The topological polar surface area (TPSA) is 75.2 Å². The van der Waals surface area contributed by atoms with Crippen LogP contribution in [0.4, 0.5) is 0 Å². The summed E-state index contributed by atoms with van der Waals surface area (Å²) in [5.41, 5.74) is 2.08. The van der Waals surface area contributed by atoms with Gasteiger partial charge in [-0.25, -0.2) is 4.99 Å². The number of likely N-dealkylation sites (N-methyl/N-ethyl adjacent to an activating group) is 1. The molecule has 160 valence electrons. The number of benzene rings is 2. The van der Waals surface area contributed by atoms with E-state index in [1.807, 2.05) is 49.4 Å². The highest BCUT2D eigenvalue weighted by Gasteiger charge is 2.22. The number of nitrogens with zero attached hydrogens (tertiary/aromatic N) is 2. The first-order valence-electron chi connectivity index (χ1n) is 10.3. The maximum absolute atomic E-state index is 12.1. The monoisotopic (exact) mass is 410 g/mol. The Balaban J connectivity index is 1.79. The summed E-state index contributed by atoms with van der Waals surface area (Å²) < 4.78 is 11.5. The fraction of sp³-hybridized carbons (Fsp3) is 0.391. The number of aliphatic imine (C=N–C) groups is 1. The second-order valence-corrected chi connectivity index (χ2v) is 7.22. The fourth-order valence-corrected chi connectivity index (χ4v) is 3.22. The van der Waals surface area contributed by atoms with Gasteiger partial charge in [0.1, 0.15) is 11.5 Å². The number of fused-ring (bicyclic) bond motifs is 1. The van der Waals surface area contributed by atoms with E-state index in [1.165, 1.54) is 0 Å². The van der Waals surface area contributed by atoms with Crippen LogP contribution in [0.3, 0.4) is 0 Å². The molecule has 0 spiro atoms. The Bertz CT molecular complexity index is 882. The zero-order chi connectivity index (χ0) is 21.3. The summed E-state index contributed by atoms with van der Waals surface area (Å²) in [6, 6.07) is 15.9. The molecule has 1 atom stereocenters. The van der Waals surface area contributed by atoms with E-state index in [2.05, 4.69) is 16.7 Å². The number of hydrogen-bond donors (Lipinski definition) is 2. The normalized spacial score (nSPS) is 15.6. The fourth-order valence-electron chi connectivity index (χ4n) is 3.22. The molecule has 30 heavy (non-hydrogen) atoms. The van der Waals surface area contributed by atoms with Gasteiger partial charge in [0.15, 0.2) is 5.96 Å². The lowest BCUT2D eigenvalue weighted by molar-refractivity contribution is -0.127. The first-order valence-corrected chi connectivity index (χ1v) is 10.3. The summed E-state index contributed by atoms with van der Waals surface area (Å²) in [5.74, 6) is 2.26. The summed E-state index contributed by atoms with van der Waals surface area (Å²) in [7, 11) is 3.47. The molecule has 0 bridgehead atoms. The van der Waals surface area contributed by atoms with Crippen LogP contribution in [0.15, 0.2) is 53.5 Å². The van der Waals surface area contributed by atoms with E-state index in [-0.39, 0.29) is 18.5 Å². The van der Waals surface area contributed by atoms with Crippen LogP contribution in [0.1, 0.15) is 30.5 Å². The van der Waals surface area contributed by atoms with Crippen molar-refractivity contribution >= 4 is 11.9 Å². The number of amides is 1. The maximum Gasteiger partial charge on any atom is 0.241 e. The van der Waals surface area contributed by atoms with E-state index >= 15 is 0 Å². The van der Waals surface area contributed by atoms with Crippen molar-refractivity contribution in [3.05, 3.63) is 59.7 Å². The second-order valence-electron chi connectivity index (χ2n) is 7.22. The van der Waals surface area contributed by atoms with Crippen LogP contribution in [0.25, 0.3) is 0 Å². The Morgan fingerprint density at radius 2 is 1.97 bits per heavy atom. The van der Waals surface area contributed by atoms with Crippen LogP contribution in [-0.4, -0.2) is 50.6 Å². The van der Waals surface area contributed by atoms with Crippen molar-refractivity contribution in [2.24, 2.45) is 4.99 Å². The number of hydrogen-bond acceptors (Lipinski definition) is 4. The molecule has 0 aliphatic carbocycles. The Morgan fingerprint density at radius 1 is 1.20 bits per heavy atom. The molecule has 0 saturated carbocycles. The quantitative estimate of drug-likeness (QED) is 0.542. The Hall–Kier alpha value is -3.22. The SMILES string of the molecule is CCOc1ccccc1CN=C(NCC(=O)N(C)C)NC1CCOc2ccccc21. The number of carbonyl (C=O) groups is 1. The number of para-hydroxylation sites is 2. The first-order chi connectivity index (χ1) is 14.6. The molecular weight excluding hydrogens is 380 g/mol. The largest absolute Gasteiger partial charge is 0.494 e. The van der Waals surface area contributed by atoms with Crippen LogP contribution in [0.2, 0.25) is 0 Å². The molecule has 1 heterocycles. The first kappa shape index (κ1) is 21.5. The van der Waals surface area contributed by atoms with Crippen molar-refractivity contribution in [3.63, 3.8) is 0 Å². The summed E-state index contributed by atoms with van der Waals surface area (Å²) in [6.45, 7) is 3.79. The third-order valence-corrected chi connectivity index (χ3v) is 4.86. The second kappa shape index (κ2) is 10.5. The van der Waals surface area contributed by atoms with E-state index in [1.54, 1.807) is 19.0 Å². The van der Waals surface area contributed by atoms with E-state index in [0.29, 0.717) is 25.7 Å². The lowest BCUT2D eigenvalue weighted by Gasteiger charge is -2.28. The van der Waals surface area contributed by atoms with Gasteiger partial charge in [0.2, 0.25) is 5.91 Å². The standard InChI is InChI=1S/C23H30N4O3/c1-4-29-20-11-7-5-9-17(20)15-24-23(25-16-22(28)27(2)3)26-19-13-14-30-21-12-8-6-10-18(19)21/h5-12,19H,4,13-16H2,1-3H3,(H2,24,25,26). The zero-order valence-electron chi connectivity index (χ0n) is 17.9. The summed E-state index contributed by atoms with van der Waals surface area (Å²) in [5, 5.41) is 6.64. The summed E-state index contributed by atoms with van der Waals surface area (Å²) >= 11 is 0. The number of rotatable bonds is 7. The van der Waals surface area contributed by atoms with Crippen LogP contribution in [0, 0.1) is 0 Å². The van der Waals surface area contributed by atoms with Crippen molar-refractivity contribution in [1.29, 1.82) is 0 Å². The predicted molar refractivity (Wildman–Crippen MR) is 118 cm³/mol. The van der Waals surface area contributed by atoms with Crippen molar-refractivity contribution in [2.45, 2.75) is 25.9 Å². The van der Waals surface area contributed by atoms with Crippen LogP contribution in [-0.2, 0) is 11.3 Å². The lowest BCUT2D eigenvalue weighted by Crippen LogP contribution is -2.45. The number of guanidine groups is 1. The van der Waals surface area contributed by atoms with Gasteiger partial charge in [-0.1, -0.05) is 36.4 Å². The molecule has 2 aromatic carbocycles. The van der Waals surface area contributed by atoms with Gasteiger partial charge in [0.25, 0.3) is 0 Å². The molecule has 1 aliphatic heterocycles. The lowest BCUT2D eigenvalue weighted by atomic mass is 10.0. The highest BCUT2D eigenvalue weighted by Crippen LogP contribution is 2.31. The average Bonchev–Trinajstić information content (AvgIpc) is 2.76. The van der Waals surface area contributed by atoms with E-state index in [9.17, 15) is 4.79 Å². The molecule has 2 N–H and O–H groups in total.